The summed E-state index contributed by atoms with van der Waals surface area (Å²) in [5.41, 5.74) is 2.38. The predicted molar refractivity (Wildman–Crippen MR) is 126 cm³/mol. The molecule has 0 aliphatic rings. The Morgan fingerprint density at radius 3 is 2.47 bits per heavy atom. The predicted octanol–water partition coefficient (Wildman–Crippen LogP) is 6.29. The smallest absolute Gasteiger partial charge is 0.335 e. The number of carboxylic acid groups (broad SMARTS) is 1. The number of ether oxygens (including phenoxy) is 3. The first-order valence-corrected chi connectivity index (χ1v) is 10.6. The van der Waals surface area contributed by atoms with Crippen LogP contribution in [-0.4, -0.2) is 24.8 Å². The molecule has 6 nitrogen and oxygen atoms in total. The summed E-state index contributed by atoms with van der Waals surface area (Å²) in [5, 5.41) is 13.6. The van der Waals surface area contributed by atoms with Gasteiger partial charge in [0.05, 0.1) is 25.0 Å². The van der Waals surface area contributed by atoms with Crippen LogP contribution in [-0.2, 0) is 13.2 Å². The lowest BCUT2D eigenvalue weighted by Crippen LogP contribution is -2.06. The van der Waals surface area contributed by atoms with E-state index in [9.17, 15) is 9.90 Å². The minimum absolute atomic E-state index is 0.152. The first-order valence-electron chi connectivity index (χ1n) is 9.89. The van der Waals surface area contributed by atoms with E-state index in [4.69, 9.17) is 37.4 Å². The third-order valence-corrected chi connectivity index (χ3v) is 5.20. The Hall–Kier alpha value is -3.09. The number of hydrogen-bond donors (Lipinski definition) is 2. The SMILES string of the molecule is CCOc1cc(CNc2cc(C(=O)O)ccc2OC)c(Cl)cc1OCc1cccc(Cl)c1. The molecule has 3 aromatic carbocycles. The number of rotatable bonds is 10. The number of nitrogens with one attached hydrogen (secondary N) is 1. The van der Waals surface area contributed by atoms with Crippen LogP contribution in [0.3, 0.4) is 0 Å². The van der Waals surface area contributed by atoms with E-state index >= 15 is 0 Å². The highest BCUT2D eigenvalue weighted by atomic mass is 35.5. The Morgan fingerprint density at radius 2 is 1.78 bits per heavy atom. The first-order chi connectivity index (χ1) is 15.4. The number of aromatic carboxylic acids is 1. The van der Waals surface area contributed by atoms with Crippen molar-refractivity contribution >= 4 is 34.9 Å². The average molecular weight is 476 g/mol. The number of carbonyl (C=O) groups is 1. The minimum atomic E-state index is -1.02. The molecular weight excluding hydrogens is 453 g/mol. The second kappa shape index (κ2) is 11.0. The molecule has 0 aromatic heterocycles. The topological polar surface area (TPSA) is 77.0 Å². The van der Waals surface area contributed by atoms with Gasteiger partial charge in [0.25, 0.3) is 0 Å². The molecule has 2 N–H and O–H groups in total. The molecule has 0 saturated heterocycles. The molecule has 32 heavy (non-hydrogen) atoms. The van der Waals surface area contributed by atoms with Gasteiger partial charge in [-0.05, 0) is 54.4 Å². The maximum Gasteiger partial charge on any atom is 0.335 e. The molecule has 0 amide bonds. The van der Waals surface area contributed by atoms with Gasteiger partial charge in [-0.15, -0.1) is 0 Å². The van der Waals surface area contributed by atoms with Crippen LogP contribution in [0.4, 0.5) is 5.69 Å². The van der Waals surface area contributed by atoms with Crippen LogP contribution < -0.4 is 19.5 Å². The molecule has 0 atom stereocenters. The number of hydrogen-bond acceptors (Lipinski definition) is 5. The largest absolute Gasteiger partial charge is 0.495 e. The highest BCUT2D eigenvalue weighted by Crippen LogP contribution is 2.35. The Bertz CT molecular complexity index is 1100. The van der Waals surface area contributed by atoms with Crippen molar-refractivity contribution in [3.8, 4) is 17.2 Å². The maximum absolute atomic E-state index is 11.3. The highest BCUT2D eigenvalue weighted by Gasteiger charge is 2.14. The van der Waals surface area contributed by atoms with Crippen LogP contribution in [0.25, 0.3) is 0 Å². The standard InChI is InChI=1S/C24H23Cl2NO5/c1-3-31-22-11-17(13-27-20-10-16(24(28)29)7-8-21(20)30-2)19(26)12-23(22)32-14-15-5-4-6-18(25)9-15/h4-12,27H,3,13-14H2,1-2H3,(H,28,29). The fourth-order valence-electron chi connectivity index (χ4n) is 3.05. The van der Waals surface area contributed by atoms with Crippen molar-refractivity contribution in [2.75, 3.05) is 19.0 Å². The van der Waals surface area contributed by atoms with E-state index in [0.29, 0.717) is 52.7 Å². The monoisotopic (exact) mass is 475 g/mol. The number of benzene rings is 3. The molecule has 0 aliphatic heterocycles. The fourth-order valence-corrected chi connectivity index (χ4v) is 3.48. The number of carboxylic acids is 1. The van der Waals surface area contributed by atoms with Crippen LogP contribution >= 0.6 is 23.2 Å². The molecule has 0 spiro atoms. The molecule has 0 radical (unpaired) electrons. The van der Waals surface area contributed by atoms with Crippen molar-refractivity contribution in [1.82, 2.24) is 0 Å². The van der Waals surface area contributed by atoms with Gasteiger partial charge in [0, 0.05) is 22.7 Å². The van der Waals surface area contributed by atoms with Gasteiger partial charge in [0.2, 0.25) is 0 Å². The summed E-state index contributed by atoms with van der Waals surface area (Å²) in [5.74, 6) is 0.583. The summed E-state index contributed by atoms with van der Waals surface area (Å²) in [4.78, 5) is 11.3. The maximum atomic E-state index is 11.3. The molecule has 8 heteroatoms. The molecule has 0 aliphatic carbocycles. The van der Waals surface area contributed by atoms with Gasteiger partial charge < -0.3 is 24.6 Å². The molecule has 0 heterocycles. The van der Waals surface area contributed by atoms with Crippen molar-refractivity contribution in [2.24, 2.45) is 0 Å². The summed E-state index contributed by atoms with van der Waals surface area (Å²) in [7, 11) is 1.52. The van der Waals surface area contributed by atoms with Gasteiger partial charge in [0.1, 0.15) is 12.4 Å². The molecular formula is C24H23Cl2NO5. The van der Waals surface area contributed by atoms with Gasteiger partial charge in [0.15, 0.2) is 11.5 Å². The lowest BCUT2D eigenvalue weighted by Gasteiger charge is -2.17. The zero-order chi connectivity index (χ0) is 23.1. The lowest BCUT2D eigenvalue weighted by molar-refractivity contribution is 0.0697. The zero-order valence-electron chi connectivity index (χ0n) is 17.7. The van der Waals surface area contributed by atoms with Crippen LogP contribution in [0, 0.1) is 0 Å². The van der Waals surface area contributed by atoms with E-state index in [-0.39, 0.29) is 5.56 Å². The second-order valence-corrected chi connectivity index (χ2v) is 7.66. The highest BCUT2D eigenvalue weighted by molar-refractivity contribution is 6.31. The summed E-state index contributed by atoms with van der Waals surface area (Å²) in [6, 6.07) is 15.5. The number of halogens is 2. The summed E-state index contributed by atoms with van der Waals surface area (Å²) in [6.45, 7) is 2.98. The molecule has 0 unspecified atom stereocenters. The minimum Gasteiger partial charge on any atom is -0.495 e. The average Bonchev–Trinajstić information content (AvgIpc) is 2.78. The van der Waals surface area contributed by atoms with Gasteiger partial charge in [-0.3, -0.25) is 0 Å². The third kappa shape index (κ3) is 5.99. The molecule has 0 saturated carbocycles. The van der Waals surface area contributed by atoms with Gasteiger partial charge in [-0.25, -0.2) is 4.79 Å². The summed E-state index contributed by atoms with van der Waals surface area (Å²) >= 11 is 12.5. The van der Waals surface area contributed by atoms with Crippen molar-refractivity contribution < 1.29 is 24.1 Å². The normalized spacial score (nSPS) is 10.5. The Kier molecular flexibility index (Phi) is 8.09. The summed E-state index contributed by atoms with van der Waals surface area (Å²) < 4.78 is 17.0. The van der Waals surface area contributed by atoms with E-state index < -0.39 is 5.97 Å². The summed E-state index contributed by atoms with van der Waals surface area (Å²) in [6.07, 6.45) is 0. The second-order valence-electron chi connectivity index (χ2n) is 6.82. The molecule has 0 fully saturated rings. The Labute approximate surface area is 196 Å². The molecule has 3 aromatic rings. The van der Waals surface area contributed by atoms with E-state index in [0.717, 1.165) is 11.1 Å². The van der Waals surface area contributed by atoms with Gasteiger partial charge in [-0.2, -0.15) is 0 Å². The van der Waals surface area contributed by atoms with Crippen molar-refractivity contribution in [1.29, 1.82) is 0 Å². The van der Waals surface area contributed by atoms with Crippen LogP contribution in [0.15, 0.2) is 54.6 Å². The van der Waals surface area contributed by atoms with Gasteiger partial charge in [-0.1, -0.05) is 35.3 Å². The molecule has 3 rings (SSSR count). The van der Waals surface area contributed by atoms with E-state index in [2.05, 4.69) is 5.32 Å². The molecule has 0 bridgehead atoms. The first kappa shape index (κ1) is 23.6. The van der Waals surface area contributed by atoms with Crippen LogP contribution in [0.2, 0.25) is 10.0 Å². The number of methoxy groups -OCH3 is 1. The van der Waals surface area contributed by atoms with Crippen molar-refractivity contribution in [3.05, 3.63) is 81.3 Å². The van der Waals surface area contributed by atoms with Crippen molar-refractivity contribution in [2.45, 2.75) is 20.1 Å². The van der Waals surface area contributed by atoms with Crippen LogP contribution in [0.1, 0.15) is 28.4 Å². The van der Waals surface area contributed by atoms with E-state index in [1.165, 1.54) is 19.2 Å². The van der Waals surface area contributed by atoms with Crippen molar-refractivity contribution in [3.63, 3.8) is 0 Å². The van der Waals surface area contributed by atoms with E-state index in [1.807, 2.05) is 25.1 Å². The van der Waals surface area contributed by atoms with Crippen LogP contribution in [0.5, 0.6) is 17.2 Å². The quantitative estimate of drug-likeness (QED) is 0.358. The number of anilines is 1. The Morgan fingerprint density at radius 1 is 1.00 bits per heavy atom. The third-order valence-electron chi connectivity index (χ3n) is 4.61. The lowest BCUT2D eigenvalue weighted by atomic mass is 10.1. The fraction of sp³-hybridized carbons (Fsp3) is 0.208. The van der Waals surface area contributed by atoms with Gasteiger partial charge >= 0.3 is 5.97 Å². The van der Waals surface area contributed by atoms with E-state index in [1.54, 1.807) is 24.3 Å². The molecule has 168 valence electrons. The Balaban J connectivity index is 1.80. The zero-order valence-corrected chi connectivity index (χ0v) is 19.2.